The number of hydrogen-bond acceptors (Lipinski definition) is 2. The summed E-state index contributed by atoms with van der Waals surface area (Å²) in [5.74, 6) is 0.278. The van der Waals surface area contributed by atoms with Crippen molar-refractivity contribution >= 4 is 57.2 Å². The Morgan fingerprint density at radius 2 is 0.973 bits per heavy atom. The normalized spacial score (nSPS) is 15.7. The van der Waals surface area contributed by atoms with Crippen LogP contribution in [0, 0.1) is 0 Å². The molecule has 8 aromatic carbocycles. The van der Waals surface area contributed by atoms with E-state index in [1.807, 2.05) is 0 Å². The first-order valence-corrected chi connectivity index (χ1v) is 27.1. The van der Waals surface area contributed by atoms with Gasteiger partial charge in [0.2, 0.25) is 0 Å². The lowest BCUT2D eigenvalue weighted by Gasteiger charge is -2.48. The van der Waals surface area contributed by atoms with Crippen LogP contribution < -0.4 is 26.2 Å². The van der Waals surface area contributed by atoms with Crippen LogP contribution in [0.15, 0.2) is 170 Å². The SMILES string of the molecule is CC(C)c1cc2c3c(c1)N(c1ccc(C(C)(C)C)cc1-c1ccccc1-c1ccccc1)c1cc4c(cc1B3c1ccc(C(C)(C)c3ccccc3)cc1N2c1cccc(C(C)(C)C)c1)C(C)(C)CCC4(C)C. The second-order valence-electron chi connectivity index (χ2n) is 25.9. The molecule has 2 heterocycles. The van der Waals surface area contributed by atoms with E-state index in [0.29, 0.717) is 0 Å². The van der Waals surface area contributed by atoms with E-state index in [9.17, 15) is 0 Å². The van der Waals surface area contributed by atoms with Crippen LogP contribution in [0.1, 0.15) is 155 Å². The van der Waals surface area contributed by atoms with Gasteiger partial charge in [-0.15, -0.1) is 0 Å². The quantitative estimate of drug-likeness (QED) is 0.147. The van der Waals surface area contributed by atoms with E-state index in [-0.39, 0.29) is 39.7 Å². The average Bonchev–Trinajstić information content (AvgIpc) is 3.38. The molecule has 0 radical (unpaired) electrons. The fraction of sp³-hybridized carbons (Fsp3) is 0.314. The van der Waals surface area contributed by atoms with Crippen molar-refractivity contribution in [1.29, 1.82) is 0 Å². The van der Waals surface area contributed by atoms with Gasteiger partial charge in [-0.2, -0.15) is 0 Å². The number of anilines is 6. The van der Waals surface area contributed by atoms with Crippen molar-refractivity contribution in [3.8, 4) is 22.3 Å². The zero-order valence-corrected chi connectivity index (χ0v) is 46.1. The van der Waals surface area contributed by atoms with E-state index in [1.165, 1.54) is 112 Å². The Morgan fingerprint density at radius 1 is 0.425 bits per heavy atom. The van der Waals surface area contributed by atoms with Gasteiger partial charge in [0.05, 0.1) is 5.69 Å². The predicted molar refractivity (Wildman–Crippen MR) is 317 cm³/mol. The Balaban J connectivity index is 1.29. The lowest BCUT2D eigenvalue weighted by molar-refractivity contribution is 0.332. The van der Waals surface area contributed by atoms with Crippen molar-refractivity contribution in [3.05, 3.63) is 209 Å². The fourth-order valence-electron chi connectivity index (χ4n) is 12.5. The summed E-state index contributed by atoms with van der Waals surface area (Å²) in [7, 11) is 0. The second-order valence-corrected chi connectivity index (χ2v) is 25.9. The zero-order chi connectivity index (χ0) is 51.6. The molecule has 0 bridgehead atoms. The Bertz CT molecular complexity index is 3430. The van der Waals surface area contributed by atoms with Crippen LogP contribution in [-0.2, 0) is 27.1 Å². The summed E-state index contributed by atoms with van der Waals surface area (Å²) >= 11 is 0. The van der Waals surface area contributed by atoms with E-state index < -0.39 is 0 Å². The zero-order valence-electron chi connectivity index (χ0n) is 46.1. The molecule has 8 aromatic rings. The third-order valence-electron chi connectivity index (χ3n) is 17.3. The molecule has 0 atom stereocenters. The number of hydrogen-bond donors (Lipinski definition) is 0. The monoisotopic (exact) mass is 955 g/mol. The maximum absolute atomic E-state index is 2.72. The summed E-state index contributed by atoms with van der Waals surface area (Å²) in [4.78, 5) is 5.37. The minimum Gasteiger partial charge on any atom is -0.311 e. The van der Waals surface area contributed by atoms with Gasteiger partial charge in [-0.3, -0.25) is 0 Å². The molecule has 0 saturated heterocycles. The van der Waals surface area contributed by atoms with E-state index in [2.05, 4.69) is 277 Å². The molecule has 0 N–H and O–H groups in total. The van der Waals surface area contributed by atoms with Gasteiger partial charge in [0.15, 0.2) is 0 Å². The highest BCUT2D eigenvalue weighted by atomic mass is 15.2. The maximum Gasteiger partial charge on any atom is 0.252 e. The molecule has 2 nitrogen and oxygen atoms in total. The molecular weight excluding hydrogens is 880 g/mol. The third kappa shape index (κ3) is 8.18. The van der Waals surface area contributed by atoms with Gasteiger partial charge in [0.25, 0.3) is 6.71 Å². The van der Waals surface area contributed by atoms with Crippen molar-refractivity contribution in [3.63, 3.8) is 0 Å². The Labute approximate surface area is 438 Å². The van der Waals surface area contributed by atoms with Gasteiger partial charge in [-0.1, -0.05) is 218 Å². The topological polar surface area (TPSA) is 6.48 Å². The fourth-order valence-corrected chi connectivity index (χ4v) is 12.5. The minimum absolute atomic E-state index is 0.00681. The standard InChI is InChI=1S/C70H75BN2/c1-45(2)47-38-63-65-64(39-47)73(60-35-33-50(67(6,7)8)41-55(60)54-31-22-21-30-53(54)46-24-17-15-18-25-46)62-44-57-56(68(9,10)36-37-69(57,11)12)43-59(62)71(65)58-34-32-51(70(13,14)48-26-19-16-20-27-48)42-61(58)72(63)52-29-23-28-49(40-52)66(3,4)5/h15-35,38-45H,36-37H2,1-14H3. The summed E-state index contributed by atoms with van der Waals surface area (Å²) in [5, 5.41) is 0. The van der Waals surface area contributed by atoms with Gasteiger partial charge >= 0.3 is 0 Å². The van der Waals surface area contributed by atoms with Gasteiger partial charge in [0.1, 0.15) is 0 Å². The average molecular weight is 955 g/mol. The van der Waals surface area contributed by atoms with Crippen LogP contribution in [0.25, 0.3) is 22.3 Å². The molecule has 0 spiro atoms. The van der Waals surface area contributed by atoms with Crippen LogP contribution in [0.5, 0.6) is 0 Å². The third-order valence-corrected chi connectivity index (χ3v) is 17.3. The van der Waals surface area contributed by atoms with Crippen LogP contribution in [0.4, 0.5) is 34.1 Å². The number of benzene rings is 8. The molecule has 0 amide bonds. The van der Waals surface area contributed by atoms with Crippen LogP contribution in [0.3, 0.4) is 0 Å². The van der Waals surface area contributed by atoms with Crippen LogP contribution >= 0.6 is 0 Å². The lowest BCUT2D eigenvalue weighted by Crippen LogP contribution is -2.62. The van der Waals surface area contributed by atoms with E-state index >= 15 is 0 Å². The molecule has 11 rings (SSSR count). The minimum atomic E-state index is -0.234. The summed E-state index contributed by atoms with van der Waals surface area (Å²) in [6.07, 6.45) is 2.30. The molecule has 0 fully saturated rings. The summed E-state index contributed by atoms with van der Waals surface area (Å²) in [6.45, 7) is 33.5. The molecule has 0 saturated carbocycles. The number of rotatable bonds is 7. The lowest BCUT2D eigenvalue weighted by atomic mass is 9.33. The van der Waals surface area contributed by atoms with E-state index in [0.717, 1.165) is 12.8 Å². The second kappa shape index (κ2) is 17.3. The van der Waals surface area contributed by atoms with Crippen LogP contribution in [-0.4, -0.2) is 6.71 Å². The number of fused-ring (bicyclic) bond motifs is 5. The molecule has 0 unspecified atom stereocenters. The molecule has 368 valence electrons. The molecule has 1 aliphatic carbocycles. The highest BCUT2D eigenvalue weighted by molar-refractivity contribution is 7.00. The molecule has 73 heavy (non-hydrogen) atoms. The van der Waals surface area contributed by atoms with Crippen molar-refractivity contribution in [2.75, 3.05) is 9.80 Å². The predicted octanol–water partition coefficient (Wildman–Crippen LogP) is 17.5. The van der Waals surface area contributed by atoms with Crippen molar-refractivity contribution in [2.24, 2.45) is 0 Å². The Kier molecular flexibility index (Phi) is 11.5. The van der Waals surface area contributed by atoms with Crippen LogP contribution in [0.2, 0.25) is 0 Å². The highest BCUT2D eigenvalue weighted by Gasteiger charge is 2.47. The first-order valence-electron chi connectivity index (χ1n) is 27.1. The van der Waals surface area contributed by atoms with Gasteiger partial charge < -0.3 is 9.80 Å². The molecule has 3 aliphatic rings. The Morgan fingerprint density at radius 3 is 1.62 bits per heavy atom. The maximum atomic E-state index is 2.72. The first kappa shape index (κ1) is 48.7. The highest BCUT2D eigenvalue weighted by Crippen LogP contribution is 2.53. The van der Waals surface area contributed by atoms with Crippen molar-refractivity contribution < 1.29 is 0 Å². The van der Waals surface area contributed by atoms with E-state index in [4.69, 9.17) is 0 Å². The smallest absolute Gasteiger partial charge is 0.252 e. The summed E-state index contributed by atoms with van der Waals surface area (Å²) < 4.78 is 0. The molecule has 2 aliphatic heterocycles. The summed E-state index contributed by atoms with van der Waals surface area (Å²) in [5.41, 5.74) is 25.8. The van der Waals surface area contributed by atoms with Gasteiger partial charge in [-0.05, 0) is 161 Å². The molecule has 3 heteroatoms. The molecular formula is C70H75BN2. The van der Waals surface area contributed by atoms with Gasteiger partial charge in [0, 0.05) is 39.4 Å². The summed E-state index contributed by atoms with van der Waals surface area (Å²) in [6, 6.07) is 65.9. The van der Waals surface area contributed by atoms with Crippen molar-refractivity contribution in [1.82, 2.24) is 0 Å². The largest absolute Gasteiger partial charge is 0.311 e. The number of nitrogens with zero attached hydrogens (tertiary/aromatic N) is 2. The Hall–Kier alpha value is -6.58. The van der Waals surface area contributed by atoms with Gasteiger partial charge in [-0.25, -0.2) is 0 Å². The first-order chi connectivity index (χ1) is 34.5. The van der Waals surface area contributed by atoms with E-state index in [1.54, 1.807) is 0 Å². The molecule has 0 aromatic heterocycles. The van der Waals surface area contributed by atoms with Crippen molar-refractivity contribution in [2.45, 2.75) is 143 Å².